The van der Waals surface area contributed by atoms with E-state index in [0.29, 0.717) is 0 Å². The number of hydrazone groups is 1. The molecule has 0 spiro atoms. The van der Waals surface area contributed by atoms with Gasteiger partial charge in [0.1, 0.15) is 0 Å². The summed E-state index contributed by atoms with van der Waals surface area (Å²) in [5.41, 5.74) is 8.58. The first-order valence-corrected chi connectivity index (χ1v) is 8.27. The fraction of sp³-hybridized carbons (Fsp3) is 0.0455. The molecule has 0 saturated heterocycles. The molecule has 0 radical (unpaired) electrons. The Morgan fingerprint density at radius 2 is 1.52 bits per heavy atom. The number of hydrogen-bond donors (Lipinski definition) is 1. The van der Waals surface area contributed by atoms with Crippen LogP contribution < -0.4 is 5.43 Å². The molecule has 2 aliphatic rings. The zero-order valence-corrected chi connectivity index (χ0v) is 13.7. The molecule has 122 valence electrons. The third-order valence-electron chi connectivity index (χ3n) is 4.24. The van der Waals surface area contributed by atoms with Crippen molar-refractivity contribution >= 4 is 11.4 Å². The molecule has 2 aliphatic heterocycles. The van der Waals surface area contributed by atoms with Gasteiger partial charge in [0, 0.05) is 5.92 Å². The van der Waals surface area contributed by atoms with Crippen molar-refractivity contribution in [1.29, 1.82) is 0 Å². The van der Waals surface area contributed by atoms with Gasteiger partial charge in [0.2, 0.25) is 0 Å². The average molecular weight is 326 g/mol. The summed E-state index contributed by atoms with van der Waals surface area (Å²) < 4.78 is 5.41. The minimum absolute atomic E-state index is 0.0430. The molecule has 0 saturated carbocycles. The van der Waals surface area contributed by atoms with Crippen LogP contribution in [0.5, 0.6) is 0 Å². The van der Waals surface area contributed by atoms with Gasteiger partial charge in [-0.05, 0) is 28.9 Å². The highest BCUT2D eigenvalue weighted by Crippen LogP contribution is 2.31. The van der Waals surface area contributed by atoms with E-state index >= 15 is 0 Å². The van der Waals surface area contributed by atoms with Crippen molar-refractivity contribution in [3.63, 3.8) is 0 Å². The Morgan fingerprint density at radius 3 is 2.28 bits per heavy atom. The summed E-state index contributed by atoms with van der Waals surface area (Å²) in [5, 5.41) is 4.70. The van der Waals surface area contributed by atoms with Gasteiger partial charge in [-0.3, -0.25) is 5.43 Å². The van der Waals surface area contributed by atoms with Crippen molar-refractivity contribution in [3.05, 3.63) is 114 Å². The van der Waals surface area contributed by atoms with Crippen LogP contribution in [0.15, 0.2) is 108 Å². The predicted octanol–water partition coefficient (Wildman–Crippen LogP) is 4.64. The second kappa shape index (κ2) is 7.05. The average Bonchev–Trinajstić information content (AvgIpc) is 2.81. The second-order valence-corrected chi connectivity index (χ2v) is 5.80. The predicted molar refractivity (Wildman–Crippen MR) is 101 cm³/mol. The minimum atomic E-state index is 0.0430. The van der Waals surface area contributed by atoms with Crippen LogP contribution in [0, 0.1) is 5.92 Å². The lowest BCUT2D eigenvalue weighted by Crippen LogP contribution is -2.27. The number of benzene rings is 2. The number of rotatable bonds is 2. The Balaban J connectivity index is 1.85. The van der Waals surface area contributed by atoms with E-state index in [1.807, 2.05) is 54.6 Å². The molecule has 2 aromatic carbocycles. The number of ether oxygens (including phenoxy) is 1. The van der Waals surface area contributed by atoms with Crippen LogP contribution >= 0.6 is 0 Å². The molecule has 3 heteroatoms. The van der Waals surface area contributed by atoms with Crippen LogP contribution in [0.4, 0.5) is 0 Å². The lowest BCUT2D eigenvalue weighted by atomic mass is 9.85. The van der Waals surface area contributed by atoms with Crippen molar-refractivity contribution in [2.45, 2.75) is 0 Å². The Kier molecular flexibility index (Phi) is 4.29. The highest BCUT2D eigenvalue weighted by Gasteiger charge is 2.26. The van der Waals surface area contributed by atoms with Gasteiger partial charge in [0.05, 0.1) is 23.9 Å². The summed E-state index contributed by atoms with van der Waals surface area (Å²) >= 11 is 0. The first kappa shape index (κ1) is 15.2. The Labute approximate surface area is 147 Å². The number of nitrogens with one attached hydrogen (secondary N) is 1. The quantitative estimate of drug-likeness (QED) is 0.872. The van der Waals surface area contributed by atoms with Crippen molar-refractivity contribution in [1.82, 2.24) is 5.43 Å². The molecular formula is C22H18N2O. The van der Waals surface area contributed by atoms with Crippen molar-refractivity contribution in [2.24, 2.45) is 11.0 Å². The van der Waals surface area contributed by atoms with Gasteiger partial charge in [0.15, 0.2) is 0 Å². The van der Waals surface area contributed by atoms with Crippen molar-refractivity contribution in [2.75, 3.05) is 0 Å². The van der Waals surface area contributed by atoms with Gasteiger partial charge in [-0.25, -0.2) is 0 Å². The smallest absolute Gasteiger partial charge is 0.0905 e. The monoisotopic (exact) mass is 326 g/mol. The van der Waals surface area contributed by atoms with Crippen LogP contribution in [0.3, 0.4) is 0 Å². The topological polar surface area (TPSA) is 33.6 Å². The molecule has 2 aromatic rings. The number of fused-ring (bicyclic) bond motifs is 1. The van der Waals surface area contributed by atoms with E-state index in [1.165, 1.54) is 0 Å². The lowest BCUT2D eigenvalue weighted by molar-refractivity contribution is 0.402. The molecule has 0 amide bonds. The zero-order valence-electron chi connectivity index (χ0n) is 13.7. The molecule has 1 atom stereocenters. The normalized spacial score (nSPS) is 22.9. The Bertz CT molecular complexity index is 890. The summed E-state index contributed by atoms with van der Waals surface area (Å²) in [6, 6.07) is 20.5. The maximum atomic E-state index is 5.41. The highest BCUT2D eigenvalue weighted by molar-refractivity contribution is 6.07. The van der Waals surface area contributed by atoms with Gasteiger partial charge < -0.3 is 4.74 Å². The summed E-state index contributed by atoms with van der Waals surface area (Å²) in [5.74, 6) is 0.0430. The standard InChI is InChI=1S/C22H18N2O/c1-3-9-17(10-4-1)21-19-13-7-8-15-25-16-14-20(19)22(24-23-21)18-11-5-2-6-12-18/h1-16,19,24H/b13-7-,15-8-,16-14-. The largest absolute Gasteiger partial charge is 0.473 e. The molecule has 25 heavy (non-hydrogen) atoms. The molecule has 0 aliphatic carbocycles. The maximum Gasteiger partial charge on any atom is 0.0905 e. The molecule has 0 aromatic heterocycles. The molecule has 0 fully saturated rings. The minimum Gasteiger partial charge on any atom is -0.473 e. The van der Waals surface area contributed by atoms with Crippen molar-refractivity contribution in [3.8, 4) is 0 Å². The van der Waals surface area contributed by atoms with Gasteiger partial charge in [0.25, 0.3) is 0 Å². The number of nitrogens with zero attached hydrogens (tertiary/aromatic N) is 1. The van der Waals surface area contributed by atoms with E-state index in [2.05, 4.69) is 35.8 Å². The van der Waals surface area contributed by atoms with Crippen LogP contribution in [-0.2, 0) is 4.74 Å². The summed E-state index contributed by atoms with van der Waals surface area (Å²) in [6.45, 7) is 0. The summed E-state index contributed by atoms with van der Waals surface area (Å²) in [7, 11) is 0. The van der Waals surface area contributed by atoms with Crippen LogP contribution in [0.1, 0.15) is 11.1 Å². The Morgan fingerprint density at radius 1 is 0.800 bits per heavy atom. The van der Waals surface area contributed by atoms with E-state index in [-0.39, 0.29) is 5.92 Å². The maximum absolute atomic E-state index is 5.41. The highest BCUT2D eigenvalue weighted by atomic mass is 16.5. The van der Waals surface area contributed by atoms with E-state index in [4.69, 9.17) is 9.84 Å². The first-order chi connectivity index (χ1) is 12.4. The fourth-order valence-corrected chi connectivity index (χ4v) is 3.05. The SMILES string of the molecule is C1=C\O/C=C\C2=C(c3ccccc3)NN=C(c3ccccc3)C2\C=C/1. The molecule has 0 bridgehead atoms. The van der Waals surface area contributed by atoms with Crippen LogP contribution in [0.2, 0.25) is 0 Å². The van der Waals surface area contributed by atoms with E-state index in [9.17, 15) is 0 Å². The molecule has 1 unspecified atom stereocenters. The number of allylic oxidation sites excluding steroid dienone is 5. The fourth-order valence-electron chi connectivity index (χ4n) is 3.05. The Hall–Kier alpha value is -3.33. The van der Waals surface area contributed by atoms with Gasteiger partial charge in [-0.1, -0.05) is 72.8 Å². The third kappa shape index (κ3) is 3.17. The second-order valence-electron chi connectivity index (χ2n) is 5.80. The third-order valence-corrected chi connectivity index (χ3v) is 4.24. The molecular weight excluding hydrogens is 308 g/mol. The lowest BCUT2D eigenvalue weighted by Gasteiger charge is -2.26. The van der Waals surface area contributed by atoms with Gasteiger partial charge in [-0.15, -0.1) is 0 Å². The first-order valence-electron chi connectivity index (χ1n) is 8.27. The summed E-state index contributed by atoms with van der Waals surface area (Å²) in [4.78, 5) is 0. The summed E-state index contributed by atoms with van der Waals surface area (Å²) in [6.07, 6.45) is 11.4. The van der Waals surface area contributed by atoms with E-state index in [0.717, 1.165) is 28.1 Å². The number of hydrogen-bond acceptors (Lipinski definition) is 3. The van der Waals surface area contributed by atoms with E-state index < -0.39 is 0 Å². The van der Waals surface area contributed by atoms with Gasteiger partial charge in [-0.2, -0.15) is 5.10 Å². The molecule has 2 heterocycles. The van der Waals surface area contributed by atoms with Crippen LogP contribution in [-0.4, -0.2) is 5.71 Å². The van der Waals surface area contributed by atoms with Crippen LogP contribution in [0.25, 0.3) is 5.70 Å². The molecule has 1 N–H and O–H groups in total. The van der Waals surface area contributed by atoms with Crippen molar-refractivity contribution < 1.29 is 4.74 Å². The van der Waals surface area contributed by atoms with E-state index in [1.54, 1.807) is 12.5 Å². The zero-order chi connectivity index (χ0) is 16.9. The molecule has 3 nitrogen and oxygen atoms in total. The van der Waals surface area contributed by atoms with Gasteiger partial charge >= 0.3 is 0 Å². The molecule has 4 rings (SSSR count).